The summed E-state index contributed by atoms with van der Waals surface area (Å²) in [6, 6.07) is -0.286. The van der Waals surface area contributed by atoms with Gasteiger partial charge in [-0.15, -0.1) is 11.3 Å². The molecule has 0 radical (unpaired) electrons. The van der Waals surface area contributed by atoms with Crippen molar-refractivity contribution in [3.05, 3.63) is 45.5 Å². The smallest absolute Gasteiger partial charge is 0.430 e. The van der Waals surface area contributed by atoms with Gasteiger partial charge in [-0.1, -0.05) is 86.3 Å². The minimum absolute atomic E-state index is 0.267. The van der Waals surface area contributed by atoms with Gasteiger partial charge in [-0.2, -0.15) is 0 Å². The van der Waals surface area contributed by atoms with Gasteiger partial charge in [0.2, 0.25) is 9.70 Å². The van der Waals surface area contributed by atoms with E-state index in [0.717, 1.165) is 21.8 Å². The van der Waals surface area contributed by atoms with Crippen LogP contribution in [0.25, 0.3) is 6.08 Å². The quantitative estimate of drug-likeness (QED) is 0.260. The van der Waals surface area contributed by atoms with E-state index >= 15 is 0 Å². The monoisotopic (exact) mass is 676 g/mol. The van der Waals surface area contributed by atoms with Gasteiger partial charge in [-0.3, -0.25) is 9.59 Å². The van der Waals surface area contributed by atoms with E-state index in [1.54, 1.807) is 44.1 Å². The summed E-state index contributed by atoms with van der Waals surface area (Å²) in [7, 11) is 1.71. The fourth-order valence-corrected chi connectivity index (χ4v) is 5.76. The van der Waals surface area contributed by atoms with Crippen molar-refractivity contribution >= 4 is 70.1 Å². The zero-order valence-electron chi connectivity index (χ0n) is 26.0. The molecule has 0 unspecified atom stereocenters. The van der Waals surface area contributed by atoms with Gasteiger partial charge in [0.15, 0.2) is 0 Å². The van der Waals surface area contributed by atoms with Crippen molar-refractivity contribution in [2.75, 3.05) is 13.7 Å². The third kappa shape index (κ3) is 11.2. The highest BCUT2D eigenvalue weighted by molar-refractivity contribution is 7.09. The number of aryl methyl sites for hydroxylation is 1. The molecule has 0 saturated carbocycles. The third-order valence-electron chi connectivity index (χ3n) is 7.84. The number of hydrogen-bond donors (Lipinski definition) is 1. The minimum Gasteiger partial charge on any atom is -0.430 e. The second kappa shape index (κ2) is 15.9. The first-order valence-electron chi connectivity index (χ1n) is 14.1. The van der Waals surface area contributed by atoms with Crippen LogP contribution in [0.1, 0.15) is 71.5 Å². The van der Waals surface area contributed by atoms with Crippen molar-refractivity contribution in [1.29, 1.82) is 0 Å². The molecule has 1 aromatic rings. The van der Waals surface area contributed by atoms with Crippen LogP contribution in [0.4, 0.5) is 4.79 Å². The highest BCUT2D eigenvalue weighted by Gasteiger charge is 2.44. The Labute approximate surface area is 274 Å². The molecule has 0 fully saturated rings. The Morgan fingerprint density at radius 1 is 1.23 bits per heavy atom. The number of nitrogens with zero attached hydrogens (tertiary/aromatic N) is 2. The fraction of sp³-hybridized carbons (Fsp3) is 0.613. The molecule has 1 aliphatic rings. The zero-order valence-corrected chi connectivity index (χ0v) is 29.1. The Morgan fingerprint density at radius 2 is 1.88 bits per heavy atom. The summed E-state index contributed by atoms with van der Waals surface area (Å²) in [4.78, 5) is 46.0. The number of hydrogen-bond acceptors (Lipinski definition) is 8. The Balaban J connectivity index is 2.46. The summed E-state index contributed by atoms with van der Waals surface area (Å²) >= 11 is 18.6. The second-order valence-electron chi connectivity index (χ2n) is 11.8. The molecule has 43 heavy (non-hydrogen) atoms. The van der Waals surface area contributed by atoms with E-state index in [9.17, 15) is 19.5 Å². The molecule has 8 nitrogen and oxygen atoms in total. The van der Waals surface area contributed by atoms with Gasteiger partial charge in [0, 0.05) is 12.4 Å². The predicted octanol–water partition coefficient (Wildman–Crippen LogP) is 7.49. The van der Waals surface area contributed by atoms with E-state index in [4.69, 9.17) is 44.3 Å². The standard InChI is InChI=1S/C31H43Cl3N2O6S/c1-18-10-9-11-19(2)27(42-29(40)41-17-31(32,33)34)21(4)28(39)30(6,7)25(37)15-26(38)36(8)24(13-12-18)20(3)14-23-16-43-22(5)35-23/h9-10,12,14,16,19,21,24-25,27,37H,11,13,15,17H2,1-8H3/b10-9+,18-12-,20-14+/t19-,21+,24-,25-,27-/m0/s1. The number of allylic oxidation sites excluding steroid dienone is 3. The Hall–Kier alpha value is -1.91. The lowest BCUT2D eigenvalue weighted by molar-refractivity contribution is -0.145. The number of carbonyl (C=O) groups excluding carboxylic acids is 3. The molecular formula is C31H43Cl3N2O6S. The van der Waals surface area contributed by atoms with Crippen LogP contribution >= 0.6 is 46.1 Å². The van der Waals surface area contributed by atoms with Crippen LogP contribution in [0.2, 0.25) is 0 Å². The Bertz CT molecular complexity index is 1240. The molecule has 240 valence electrons. The molecule has 12 heteroatoms. The summed E-state index contributed by atoms with van der Waals surface area (Å²) in [5.41, 5.74) is 1.42. The minimum atomic E-state index is -1.82. The summed E-state index contributed by atoms with van der Waals surface area (Å²) in [5, 5.41) is 14.2. The number of aliphatic hydroxyl groups is 1. The number of carbonyl (C=O) groups is 3. The van der Waals surface area contributed by atoms with E-state index in [1.165, 1.54) is 0 Å². The predicted molar refractivity (Wildman–Crippen MR) is 173 cm³/mol. The first-order valence-corrected chi connectivity index (χ1v) is 16.2. The molecule has 0 aromatic carbocycles. The van der Waals surface area contributed by atoms with E-state index in [-0.39, 0.29) is 30.1 Å². The second-order valence-corrected chi connectivity index (χ2v) is 15.4. The van der Waals surface area contributed by atoms with Gasteiger partial charge in [0.05, 0.1) is 40.6 Å². The summed E-state index contributed by atoms with van der Waals surface area (Å²) in [6.07, 6.45) is 5.42. The number of likely N-dealkylation sites (N-methyl/N-ethyl adjacent to an activating group) is 1. The topological polar surface area (TPSA) is 106 Å². The van der Waals surface area contributed by atoms with Gasteiger partial charge in [-0.25, -0.2) is 9.78 Å². The number of ketones is 1. The fourth-order valence-electron chi connectivity index (χ4n) is 5.03. The lowest BCUT2D eigenvalue weighted by Gasteiger charge is -2.36. The van der Waals surface area contributed by atoms with Crippen LogP contribution in [0.3, 0.4) is 0 Å². The molecule has 0 saturated heterocycles. The van der Waals surface area contributed by atoms with E-state index in [2.05, 4.69) is 11.1 Å². The molecule has 5 atom stereocenters. The van der Waals surface area contributed by atoms with Gasteiger partial charge in [0.1, 0.15) is 18.5 Å². The molecule has 1 N–H and O–H groups in total. The number of aliphatic hydroxyl groups excluding tert-OH is 1. The van der Waals surface area contributed by atoms with Crippen molar-refractivity contribution in [2.45, 2.75) is 89.8 Å². The van der Waals surface area contributed by atoms with Crippen LogP contribution in [0.5, 0.6) is 0 Å². The number of amides is 1. The number of thiazole rings is 1. The maximum atomic E-state index is 13.8. The first kappa shape index (κ1) is 37.3. The van der Waals surface area contributed by atoms with Crippen molar-refractivity contribution in [3.63, 3.8) is 0 Å². The summed E-state index contributed by atoms with van der Waals surface area (Å²) < 4.78 is 8.74. The Kier molecular flexibility index (Phi) is 13.8. The average Bonchev–Trinajstić information content (AvgIpc) is 3.32. The molecule has 2 rings (SSSR count). The van der Waals surface area contributed by atoms with Crippen LogP contribution < -0.4 is 0 Å². The van der Waals surface area contributed by atoms with Crippen LogP contribution in [0, 0.1) is 24.2 Å². The van der Waals surface area contributed by atoms with E-state index in [0.29, 0.717) is 12.8 Å². The van der Waals surface area contributed by atoms with Crippen molar-refractivity contribution in [1.82, 2.24) is 9.88 Å². The summed E-state index contributed by atoms with van der Waals surface area (Å²) in [5.74, 6) is -1.82. The molecule has 0 bridgehead atoms. The molecular weight excluding hydrogens is 635 g/mol. The molecule has 2 heterocycles. The average molecular weight is 678 g/mol. The van der Waals surface area contributed by atoms with Crippen LogP contribution in [-0.4, -0.2) is 68.5 Å². The van der Waals surface area contributed by atoms with Gasteiger partial charge in [-0.05, 0) is 51.2 Å². The van der Waals surface area contributed by atoms with Gasteiger partial charge >= 0.3 is 6.16 Å². The molecule has 0 aliphatic carbocycles. The van der Waals surface area contributed by atoms with Crippen molar-refractivity contribution in [2.24, 2.45) is 17.3 Å². The zero-order chi connectivity index (χ0) is 32.7. The maximum absolute atomic E-state index is 13.8. The van der Waals surface area contributed by atoms with Gasteiger partial charge in [0.25, 0.3) is 0 Å². The number of aromatic nitrogens is 1. The first-order chi connectivity index (χ1) is 19.8. The number of alkyl halides is 3. The SMILES string of the molecule is CC1=C/C[C@@H](/C(C)=C/c2csc(C)n2)N(C)C(=O)C[C@H](O)C(C)(C)C(=O)[C@H](C)[C@@H](OC(=O)OCC(Cl)(Cl)Cl)[C@@H](C)C\C=C\1. The van der Waals surface area contributed by atoms with Crippen molar-refractivity contribution < 1.29 is 29.0 Å². The van der Waals surface area contributed by atoms with E-state index in [1.807, 2.05) is 51.3 Å². The number of rotatable bonds is 4. The molecule has 1 aliphatic heterocycles. The highest BCUT2D eigenvalue weighted by atomic mass is 35.6. The number of halogens is 3. The lowest BCUT2D eigenvalue weighted by Crippen LogP contribution is -2.48. The number of Topliss-reactive ketones (excluding diaryl/α,β-unsaturated/α-hetero) is 1. The van der Waals surface area contributed by atoms with E-state index < -0.39 is 40.1 Å². The van der Waals surface area contributed by atoms with Crippen molar-refractivity contribution in [3.8, 4) is 0 Å². The Morgan fingerprint density at radius 3 is 2.47 bits per heavy atom. The molecule has 1 aromatic heterocycles. The lowest BCUT2D eigenvalue weighted by atomic mass is 9.73. The van der Waals surface area contributed by atoms with Crippen LogP contribution in [0.15, 0.2) is 34.8 Å². The maximum Gasteiger partial charge on any atom is 0.508 e. The number of ether oxygens (including phenoxy) is 2. The van der Waals surface area contributed by atoms with Crippen LogP contribution in [-0.2, 0) is 19.1 Å². The van der Waals surface area contributed by atoms with Gasteiger partial charge < -0.3 is 19.5 Å². The normalized spacial score (nSPS) is 28.7. The molecule has 0 spiro atoms. The largest absolute Gasteiger partial charge is 0.508 e. The third-order valence-corrected chi connectivity index (χ3v) is 8.96. The molecule has 1 amide bonds. The highest BCUT2D eigenvalue weighted by Crippen LogP contribution is 2.34. The summed E-state index contributed by atoms with van der Waals surface area (Å²) in [6.45, 7) is 12.0.